The first-order valence-corrected chi connectivity index (χ1v) is 9.88. The molecule has 3 unspecified atom stereocenters. The van der Waals surface area contributed by atoms with E-state index in [-0.39, 0.29) is 5.82 Å². The zero-order valence-electron chi connectivity index (χ0n) is 11.9. The smallest absolute Gasteiger partial charge is 0.124 e. The summed E-state index contributed by atoms with van der Waals surface area (Å²) in [5.74, 6) is 2.31. The quantitative estimate of drug-likeness (QED) is 0.818. The highest BCUT2D eigenvalue weighted by atomic mass is 79.9. The highest BCUT2D eigenvalue weighted by Gasteiger charge is 2.31. The van der Waals surface area contributed by atoms with E-state index >= 15 is 0 Å². The third kappa shape index (κ3) is 4.39. The van der Waals surface area contributed by atoms with Crippen molar-refractivity contribution in [2.75, 3.05) is 18.6 Å². The zero-order valence-corrected chi connectivity index (χ0v) is 15.1. The maximum absolute atomic E-state index is 13.5. The van der Waals surface area contributed by atoms with E-state index in [0.29, 0.717) is 16.5 Å². The van der Waals surface area contributed by atoms with Crippen molar-refractivity contribution in [2.24, 2.45) is 0 Å². The number of thioether (sulfide) groups is 2. The Morgan fingerprint density at radius 1 is 1.35 bits per heavy atom. The molecule has 1 aromatic rings. The van der Waals surface area contributed by atoms with Gasteiger partial charge in [-0.1, -0.05) is 22.9 Å². The van der Waals surface area contributed by atoms with Crippen LogP contribution in [0.1, 0.15) is 18.9 Å². The minimum absolute atomic E-state index is 0.165. The first-order valence-electron chi connectivity index (χ1n) is 6.99. The Bertz CT molecular complexity index is 424. The third-order valence-electron chi connectivity index (χ3n) is 3.64. The van der Waals surface area contributed by atoms with Crippen molar-refractivity contribution in [1.29, 1.82) is 0 Å². The van der Waals surface area contributed by atoms with Gasteiger partial charge >= 0.3 is 0 Å². The monoisotopic (exact) mass is 377 g/mol. The number of nitrogens with one attached hydrogen (secondary N) is 1. The van der Waals surface area contributed by atoms with Crippen LogP contribution in [0.4, 0.5) is 4.39 Å². The predicted molar refractivity (Wildman–Crippen MR) is 93.4 cm³/mol. The number of hydrogen-bond acceptors (Lipinski definition) is 3. The molecule has 0 spiro atoms. The van der Waals surface area contributed by atoms with Gasteiger partial charge in [-0.05, 0) is 43.7 Å². The van der Waals surface area contributed by atoms with Gasteiger partial charge in [-0.3, -0.25) is 0 Å². The first kappa shape index (κ1) is 16.7. The molecule has 20 heavy (non-hydrogen) atoms. The van der Waals surface area contributed by atoms with Gasteiger partial charge in [0.25, 0.3) is 0 Å². The molecule has 1 heterocycles. The van der Waals surface area contributed by atoms with E-state index < -0.39 is 0 Å². The molecule has 5 heteroatoms. The molecular weight excluding hydrogens is 357 g/mol. The van der Waals surface area contributed by atoms with Gasteiger partial charge in [-0.15, -0.1) is 0 Å². The number of hydrogen-bond donors (Lipinski definition) is 1. The van der Waals surface area contributed by atoms with Gasteiger partial charge in [0.1, 0.15) is 5.82 Å². The minimum Gasteiger partial charge on any atom is -0.316 e. The summed E-state index contributed by atoms with van der Waals surface area (Å²) < 4.78 is 14.3. The molecule has 3 atom stereocenters. The molecule has 1 nitrogen and oxygen atoms in total. The molecule has 0 bridgehead atoms. The topological polar surface area (TPSA) is 12.0 Å². The van der Waals surface area contributed by atoms with Crippen molar-refractivity contribution in [1.82, 2.24) is 5.32 Å². The van der Waals surface area contributed by atoms with Crippen LogP contribution in [0.5, 0.6) is 0 Å². The van der Waals surface area contributed by atoms with E-state index in [0.717, 1.165) is 16.5 Å². The fourth-order valence-electron chi connectivity index (χ4n) is 2.68. The lowest BCUT2D eigenvalue weighted by molar-refractivity contribution is 0.515. The Morgan fingerprint density at radius 2 is 2.10 bits per heavy atom. The fraction of sp³-hybridized carbons (Fsp3) is 0.600. The highest BCUT2D eigenvalue weighted by molar-refractivity contribution is 9.10. The Morgan fingerprint density at radius 3 is 2.75 bits per heavy atom. The molecule has 0 amide bonds. The summed E-state index contributed by atoms with van der Waals surface area (Å²) in [7, 11) is 2.02. The first-order chi connectivity index (χ1) is 9.63. The second-order valence-electron chi connectivity index (χ2n) is 5.03. The summed E-state index contributed by atoms with van der Waals surface area (Å²) in [6.07, 6.45) is 2.08. The maximum Gasteiger partial charge on any atom is 0.124 e. The van der Waals surface area contributed by atoms with Crippen LogP contribution in [-0.4, -0.2) is 35.1 Å². The number of halogens is 2. The Kier molecular flexibility index (Phi) is 6.72. The van der Waals surface area contributed by atoms with E-state index in [1.165, 1.54) is 24.0 Å². The Balaban J connectivity index is 2.11. The van der Waals surface area contributed by atoms with Gasteiger partial charge in [-0.2, -0.15) is 23.5 Å². The normalized spacial score (nSPS) is 24.6. The number of rotatable bonds is 5. The molecule has 1 aliphatic rings. The molecule has 1 fully saturated rings. The molecular formula is C15H21BrFNS2. The Hall–Kier alpha value is 0.290. The molecule has 0 radical (unpaired) electrons. The SMILES string of the molecule is CCC1SCCSC1C(Cc1cc(F)cc(Br)c1)NC. The summed E-state index contributed by atoms with van der Waals surface area (Å²) in [6.45, 7) is 2.27. The summed E-state index contributed by atoms with van der Waals surface area (Å²) in [5, 5.41) is 4.75. The minimum atomic E-state index is -0.165. The average Bonchev–Trinajstić information content (AvgIpc) is 2.43. The van der Waals surface area contributed by atoms with Crippen molar-refractivity contribution in [2.45, 2.75) is 36.3 Å². The van der Waals surface area contributed by atoms with Gasteiger partial charge in [-0.25, -0.2) is 4.39 Å². The van der Waals surface area contributed by atoms with E-state index in [9.17, 15) is 4.39 Å². The number of benzene rings is 1. The van der Waals surface area contributed by atoms with E-state index in [2.05, 4.69) is 51.7 Å². The van der Waals surface area contributed by atoms with E-state index in [1.807, 2.05) is 13.1 Å². The molecule has 1 aliphatic heterocycles. The van der Waals surface area contributed by atoms with Crippen molar-refractivity contribution in [3.8, 4) is 0 Å². The lowest BCUT2D eigenvalue weighted by atomic mass is 10.00. The molecule has 1 saturated heterocycles. The van der Waals surface area contributed by atoms with Crippen LogP contribution < -0.4 is 5.32 Å². The largest absolute Gasteiger partial charge is 0.316 e. The third-order valence-corrected chi connectivity index (χ3v) is 7.50. The van der Waals surface area contributed by atoms with Crippen LogP contribution in [0.15, 0.2) is 22.7 Å². The Labute approximate surface area is 138 Å². The van der Waals surface area contributed by atoms with Gasteiger partial charge < -0.3 is 5.32 Å². The van der Waals surface area contributed by atoms with Crippen LogP contribution >= 0.6 is 39.5 Å². The molecule has 2 rings (SSSR count). The summed E-state index contributed by atoms with van der Waals surface area (Å²) in [6, 6.07) is 5.58. The molecule has 0 aromatic heterocycles. The van der Waals surface area contributed by atoms with Crippen LogP contribution in [0.3, 0.4) is 0 Å². The second-order valence-corrected chi connectivity index (χ2v) is 8.58. The zero-order chi connectivity index (χ0) is 14.5. The molecule has 112 valence electrons. The van der Waals surface area contributed by atoms with E-state index in [1.54, 1.807) is 6.07 Å². The van der Waals surface area contributed by atoms with Crippen molar-refractivity contribution >= 4 is 39.5 Å². The van der Waals surface area contributed by atoms with Crippen LogP contribution in [-0.2, 0) is 6.42 Å². The number of likely N-dealkylation sites (N-methyl/N-ethyl adjacent to an activating group) is 1. The molecule has 1 N–H and O–H groups in total. The van der Waals surface area contributed by atoms with Gasteiger partial charge in [0.05, 0.1) is 0 Å². The van der Waals surface area contributed by atoms with Gasteiger partial charge in [0.2, 0.25) is 0 Å². The van der Waals surface area contributed by atoms with Crippen molar-refractivity contribution in [3.05, 3.63) is 34.1 Å². The lowest BCUT2D eigenvalue weighted by Gasteiger charge is -2.36. The van der Waals surface area contributed by atoms with Crippen LogP contribution in [0.25, 0.3) is 0 Å². The fourth-order valence-corrected chi connectivity index (χ4v) is 6.49. The highest BCUT2D eigenvalue weighted by Crippen LogP contribution is 2.36. The molecule has 1 aromatic carbocycles. The second kappa shape index (κ2) is 8.06. The lowest BCUT2D eigenvalue weighted by Crippen LogP contribution is -2.45. The summed E-state index contributed by atoms with van der Waals surface area (Å²) in [5.41, 5.74) is 1.06. The molecule has 0 aliphatic carbocycles. The van der Waals surface area contributed by atoms with Crippen LogP contribution in [0, 0.1) is 5.82 Å². The van der Waals surface area contributed by atoms with Gasteiger partial charge in [0, 0.05) is 32.5 Å². The predicted octanol–water partition coefficient (Wildman–Crippen LogP) is 4.35. The van der Waals surface area contributed by atoms with Gasteiger partial charge in [0.15, 0.2) is 0 Å². The van der Waals surface area contributed by atoms with Crippen molar-refractivity contribution in [3.63, 3.8) is 0 Å². The summed E-state index contributed by atoms with van der Waals surface area (Å²) >= 11 is 7.53. The van der Waals surface area contributed by atoms with E-state index in [4.69, 9.17) is 0 Å². The summed E-state index contributed by atoms with van der Waals surface area (Å²) in [4.78, 5) is 0. The standard InChI is InChI=1S/C15H21BrFNS2/c1-3-14-15(20-5-4-19-14)13(18-2)8-10-6-11(16)9-12(17)7-10/h6-7,9,13-15,18H,3-5,8H2,1-2H3. The molecule has 0 saturated carbocycles. The maximum atomic E-state index is 13.5. The average molecular weight is 378 g/mol. The van der Waals surface area contributed by atoms with Crippen LogP contribution in [0.2, 0.25) is 0 Å². The van der Waals surface area contributed by atoms with Crippen molar-refractivity contribution < 1.29 is 4.39 Å².